The van der Waals surface area contributed by atoms with E-state index in [9.17, 15) is 5.11 Å². The molecule has 130 valence electrons. The Labute approximate surface area is 142 Å². The highest BCUT2D eigenvalue weighted by atomic mass is 32.1. The molecule has 1 spiro atoms. The Morgan fingerprint density at radius 3 is 2.83 bits per heavy atom. The maximum absolute atomic E-state index is 10.3. The fraction of sp³-hybridized carbons (Fsp3) is 0.824. The number of ether oxygens (including phenoxy) is 2. The number of aromatic nitrogens is 1. The number of methoxy groups -OCH3 is 1. The lowest BCUT2D eigenvalue weighted by atomic mass is 9.58. The fourth-order valence-corrected chi connectivity index (χ4v) is 4.70. The van der Waals surface area contributed by atoms with E-state index in [-0.39, 0.29) is 23.7 Å². The average molecular weight is 340 g/mol. The van der Waals surface area contributed by atoms with Crippen molar-refractivity contribution >= 4 is 11.3 Å². The number of likely N-dealkylation sites (tertiary alicyclic amines) is 1. The minimum atomic E-state index is -0.186. The Morgan fingerprint density at radius 2 is 2.22 bits per heavy atom. The maximum Gasteiger partial charge on any atom is 0.122 e. The number of hydrogen-bond acceptors (Lipinski definition) is 6. The molecule has 3 atom stereocenters. The van der Waals surface area contributed by atoms with Crippen molar-refractivity contribution in [2.24, 2.45) is 5.41 Å². The van der Waals surface area contributed by atoms with Crippen LogP contribution >= 0.6 is 11.3 Å². The van der Waals surface area contributed by atoms with Gasteiger partial charge in [0.15, 0.2) is 0 Å². The summed E-state index contributed by atoms with van der Waals surface area (Å²) in [6.07, 6.45) is 2.97. The first-order chi connectivity index (χ1) is 11.1. The molecule has 2 heterocycles. The van der Waals surface area contributed by atoms with Gasteiger partial charge in [0, 0.05) is 37.5 Å². The summed E-state index contributed by atoms with van der Waals surface area (Å²) < 4.78 is 11.2. The number of rotatable bonds is 6. The summed E-state index contributed by atoms with van der Waals surface area (Å²) in [6.45, 7) is 7.70. The molecule has 2 aliphatic rings. The first-order valence-corrected chi connectivity index (χ1v) is 9.46. The molecule has 0 bridgehead atoms. The van der Waals surface area contributed by atoms with Crippen LogP contribution in [0.2, 0.25) is 0 Å². The Balaban J connectivity index is 1.54. The van der Waals surface area contributed by atoms with Gasteiger partial charge >= 0.3 is 0 Å². The van der Waals surface area contributed by atoms with E-state index in [0.29, 0.717) is 0 Å². The number of aliphatic hydroxyl groups is 1. The molecule has 2 fully saturated rings. The molecule has 3 rings (SSSR count). The molecule has 5 nitrogen and oxygen atoms in total. The Bertz CT molecular complexity index is 512. The number of aliphatic hydroxyl groups excluding tert-OH is 1. The van der Waals surface area contributed by atoms with Crippen LogP contribution in [0.25, 0.3) is 0 Å². The number of piperidine rings is 1. The van der Waals surface area contributed by atoms with Crippen LogP contribution in [0.15, 0.2) is 5.38 Å². The minimum absolute atomic E-state index is 0.00428. The summed E-state index contributed by atoms with van der Waals surface area (Å²) in [5, 5.41) is 13.4. The highest BCUT2D eigenvalue weighted by molar-refractivity contribution is 7.09. The predicted molar refractivity (Wildman–Crippen MR) is 90.5 cm³/mol. The minimum Gasteiger partial charge on any atom is -0.392 e. The van der Waals surface area contributed by atoms with Crippen molar-refractivity contribution in [3.8, 4) is 0 Å². The van der Waals surface area contributed by atoms with Crippen molar-refractivity contribution in [1.29, 1.82) is 0 Å². The van der Waals surface area contributed by atoms with Crippen LogP contribution in [0.1, 0.15) is 49.9 Å². The van der Waals surface area contributed by atoms with Crippen molar-refractivity contribution in [3.63, 3.8) is 0 Å². The second-order valence-electron chi connectivity index (χ2n) is 6.76. The predicted octanol–water partition coefficient (Wildman–Crippen LogP) is 2.60. The smallest absolute Gasteiger partial charge is 0.122 e. The molecule has 0 amide bonds. The SMILES string of the molecule is CCO[C@@H]1C[C@@H](O)C12CCN(Cc1csc([C@H](C)OC)n1)CC2. The van der Waals surface area contributed by atoms with Gasteiger partial charge < -0.3 is 14.6 Å². The number of hydrogen-bond donors (Lipinski definition) is 1. The first-order valence-electron chi connectivity index (χ1n) is 8.58. The Hall–Kier alpha value is -0.530. The first kappa shape index (κ1) is 17.3. The van der Waals surface area contributed by atoms with Gasteiger partial charge in [-0.15, -0.1) is 11.3 Å². The standard InChI is InChI=1S/C17H28N2O3S/c1-4-22-15-9-14(20)17(15)5-7-19(8-6-17)10-13-11-23-16(18-13)12(2)21-3/h11-12,14-15,20H,4-10H2,1-3H3/t12-,14+,15+/m0/s1. The van der Waals surface area contributed by atoms with Crippen molar-refractivity contribution in [1.82, 2.24) is 9.88 Å². The molecule has 1 N–H and O–H groups in total. The zero-order valence-corrected chi connectivity index (χ0v) is 15.1. The average Bonchev–Trinajstić information content (AvgIpc) is 3.03. The van der Waals surface area contributed by atoms with Crippen molar-refractivity contribution in [3.05, 3.63) is 16.1 Å². The highest BCUT2D eigenvalue weighted by Crippen LogP contribution is 2.51. The third-order valence-electron chi connectivity index (χ3n) is 5.55. The molecule has 23 heavy (non-hydrogen) atoms. The molecule has 1 saturated heterocycles. The topological polar surface area (TPSA) is 54.8 Å². The van der Waals surface area contributed by atoms with Crippen molar-refractivity contribution in [2.75, 3.05) is 26.8 Å². The fourth-order valence-electron chi connectivity index (χ4n) is 3.86. The molecule has 6 heteroatoms. The quantitative estimate of drug-likeness (QED) is 0.863. The van der Waals surface area contributed by atoms with E-state index in [1.54, 1.807) is 18.4 Å². The molecule has 1 aliphatic heterocycles. The van der Waals surface area contributed by atoms with Gasteiger partial charge in [0.25, 0.3) is 0 Å². The van der Waals surface area contributed by atoms with Gasteiger partial charge in [-0.05, 0) is 39.8 Å². The molecule has 1 aromatic rings. The molecule has 0 radical (unpaired) electrons. The molecule has 0 aromatic carbocycles. The van der Waals surface area contributed by atoms with Crippen LogP contribution in [-0.4, -0.2) is 54.0 Å². The van der Waals surface area contributed by atoms with Gasteiger partial charge in [-0.2, -0.15) is 0 Å². The van der Waals surface area contributed by atoms with E-state index in [1.165, 1.54) is 0 Å². The van der Waals surface area contributed by atoms with E-state index in [4.69, 9.17) is 9.47 Å². The van der Waals surface area contributed by atoms with E-state index < -0.39 is 0 Å². The maximum atomic E-state index is 10.3. The van der Waals surface area contributed by atoms with Gasteiger partial charge in [0.2, 0.25) is 0 Å². The molecule has 1 saturated carbocycles. The van der Waals surface area contributed by atoms with Crippen LogP contribution in [0.5, 0.6) is 0 Å². The summed E-state index contributed by atoms with van der Waals surface area (Å²) in [4.78, 5) is 7.12. The zero-order valence-electron chi connectivity index (χ0n) is 14.3. The molecular weight excluding hydrogens is 312 g/mol. The zero-order chi connectivity index (χ0) is 16.4. The third kappa shape index (κ3) is 3.33. The lowest BCUT2D eigenvalue weighted by molar-refractivity contribution is -0.209. The summed E-state index contributed by atoms with van der Waals surface area (Å²) in [5.74, 6) is 0. The second-order valence-corrected chi connectivity index (χ2v) is 7.65. The summed E-state index contributed by atoms with van der Waals surface area (Å²) >= 11 is 1.67. The summed E-state index contributed by atoms with van der Waals surface area (Å²) in [5.41, 5.74) is 1.13. The van der Waals surface area contributed by atoms with Gasteiger partial charge in [-0.25, -0.2) is 4.98 Å². The Morgan fingerprint density at radius 1 is 1.48 bits per heavy atom. The highest BCUT2D eigenvalue weighted by Gasteiger charge is 2.55. The normalized spacial score (nSPS) is 28.7. The third-order valence-corrected chi connectivity index (χ3v) is 6.61. The molecule has 1 aliphatic carbocycles. The van der Waals surface area contributed by atoms with Crippen LogP contribution in [0, 0.1) is 5.41 Å². The van der Waals surface area contributed by atoms with Crippen LogP contribution in [-0.2, 0) is 16.0 Å². The van der Waals surface area contributed by atoms with Crippen molar-refractivity contribution in [2.45, 2.75) is 58.0 Å². The van der Waals surface area contributed by atoms with E-state index in [0.717, 1.165) is 56.2 Å². The van der Waals surface area contributed by atoms with Gasteiger partial charge in [-0.1, -0.05) is 0 Å². The lowest BCUT2D eigenvalue weighted by Gasteiger charge is -2.56. The van der Waals surface area contributed by atoms with E-state index in [2.05, 4.69) is 15.3 Å². The van der Waals surface area contributed by atoms with Gasteiger partial charge in [-0.3, -0.25) is 4.90 Å². The van der Waals surface area contributed by atoms with E-state index >= 15 is 0 Å². The Kier molecular flexibility index (Phi) is 5.38. The van der Waals surface area contributed by atoms with Crippen LogP contribution in [0.3, 0.4) is 0 Å². The van der Waals surface area contributed by atoms with Crippen molar-refractivity contribution < 1.29 is 14.6 Å². The summed E-state index contributed by atoms with van der Waals surface area (Å²) in [6, 6.07) is 0. The van der Waals surface area contributed by atoms with E-state index in [1.807, 2.05) is 13.8 Å². The summed E-state index contributed by atoms with van der Waals surface area (Å²) in [7, 11) is 1.72. The second kappa shape index (κ2) is 7.15. The molecule has 1 aromatic heterocycles. The molecule has 0 unspecified atom stereocenters. The number of thiazole rings is 1. The van der Waals surface area contributed by atoms with Gasteiger partial charge in [0.1, 0.15) is 11.1 Å². The van der Waals surface area contributed by atoms with Gasteiger partial charge in [0.05, 0.1) is 17.9 Å². The number of nitrogens with zero attached hydrogens (tertiary/aromatic N) is 2. The monoisotopic (exact) mass is 340 g/mol. The van der Waals surface area contributed by atoms with Crippen LogP contribution in [0.4, 0.5) is 0 Å². The lowest BCUT2D eigenvalue weighted by Crippen LogP contribution is -2.62. The van der Waals surface area contributed by atoms with Crippen LogP contribution < -0.4 is 0 Å². The largest absolute Gasteiger partial charge is 0.392 e. The molecular formula is C17H28N2O3S.